The van der Waals surface area contributed by atoms with E-state index in [1.54, 1.807) is 13.2 Å². The number of ether oxygens (including phenoxy) is 1. The van der Waals surface area contributed by atoms with Crippen molar-refractivity contribution >= 4 is 43.9 Å². The Bertz CT molecular complexity index is 1080. The number of aromatic nitrogens is 1. The molecule has 0 saturated carbocycles. The highest BCUT2D eigenvalue weighted by atomic mass is 35.5. The summed E-state index contributed by atoms with van der Waals surface area (Å²) < 4.78 is 6.24. The summed E-state index contributed by atoms with van der Waals surface area (Å²) in [4.78, 5) is 15.2. The number of pyridine rings is 1. The van der Waals surface area contributed by atoms with Crippen LogP contribution >= 0.6 is 22.9 Å². The first kappa shape index (κ1) is 14.3. The molecule has 4 aromatic rings. The molecule has 0 aliphatic rings. The number of halogens is 1. The number of thiophene rings is 1. The van der Waals surface area contributed by atoms with E-state index in [4.69, 9.17) is 16.3 Å². The van der Waals surface area contributed by atoms with Crippen molar-refractivity contribution in [1.29, 1.82) is 0 Å². The number of rotatable bonds is 2. The lowest BCUT2D eigenvalue weighted by molar-refractivity contribution is 0.417. The molecule has 0 saturated heterocycles. The number of methoxy groups -OCH3 is 1. The van der Waals surface area contributed by atoms with Gasteiger partial charge < -0.3 is 9.72 Å². The van der Waals surface area contributed by atoms with Gasteiger partial charge in [-0.2, -0.15) is 0 Å². The van der Waals surface area contributed by atoms with Crippen molar-refractivity contribution in [1.82, 2.24) is 4.98 Å². The maximum atomic E-state index is 12.3. The summed E-state index contributed by atoms with van der Waals surface area (Å²) in [6, 6.07) is 14.4. The zero-order valence-electron chi connectivity index (χ0n) is 12.1. The van der Waals surface area contributed by atoms with Gasteiger partial charge in [-0.1, -0.05) is 29.8 Å². The quantitative estimate of drug-likeness (QED) is 0.565. The summed E-state index contributed by atoms with van der Waals surface area (Å²) in [5.41, 5.74) is 2.37. The van der Waals surface area contributed by atoms with E-state index in [-0.39, 0.29) is 5.56 Å². The lowest BCUT2D eigenvalue weighted by Gasteiger charge is -2.14. The second-order valence-electron chi connectivity index (χ2n) is 5.10. The zero-order chi connectivity index (χ0) is 16.0. The molecule has 0 unspecified atom stereocenters. The van der Waals surface area contributed by atoms with Gasteiger partial charge in [0.25, 0.3) is 5.56 Å². The van der Waals surface area contributed by atoms with Gasteiger partial charge in [-0.3, -0.25) is 4.79 Å². The van der Waals surface area contributed by atoms with Crippen LogP contribution in [0.15, 0.2) is 46.6 Å². The number of hydrogen-bond acceptors (Lipinski definition) is 3. The highest BCUT2D eigenvalue weighted by Gasteiger charge is 2.18. The Morgan fingerprint density at radius 2 is 2.22 bits per heavy atom. The molecule has 4 rings (SSSR count). The van der Waals surface area contributed by atoms with Crippen LogP contribution in [-0.2, 0) is 0 Å². The molecule has 1 N–H and O–H groups in total. The first-order valence-corrected chi connectivity index (χ1v) is 8.22. The number of nitrogens with one attached hydrogen (secondary N) is 1. The van der Waals surface area contributed by atoms with E-state index in [2.05, 4.69) is 11.1 Å². The average Bonchev–Trinajstić information content (AvgIpc) is 3.06. The summed E-state index contributed by atoms with van der Waals surface area (Å²) in [6.45, 7) is 0. The second kappa shape index (κ2) is 5.41. The van der Waals surface area contributed by atoms with Crippen molar-refractivity contribution in [3.05, 3.63) is 63.2 Å². The topological polar surface area (TPSA) is 42.1 Å². The van der Waals surface area contributed by atoms with Gasteiger partial charge in [0.1, 0.15) is 10.4 Å². The monoisotopic (exact) mass is 340 g/mol. The zero-order valence-corrected chi connectivity index (χ0v) is 13.7. The van der Waals surface area contributed by atoms with Gasteiger partial charge >= 0.3 is 0 Å². The molecular formula is C18H11ClNO2S. The molecule has 0 amide bonds. The van der Waals surface area contributed by atoms with Gasteiger partial charge in [0, 0.05) is 22.4 Å². The van der Waals surface area contributed by atoms with Crippen molar-refractivity contribution in [2.45, 2.75) is 0 Å². The molecule has 1 radical (unpaired) electrons. The second-order valence-corrected chi connectivity index (χ2v) is 6.42. The van der Waals surface area contributed by atoms with E-state index in [0.29, 0.717) is 21.0 Å². The van der Waals surface area contributed by atoms with Crippen molar-refractivity contribution < 1.29 is 4.74 Å². The van der Waals surface area contributed by atoms with Gasteiger partial charge in [-0.15, -0.1) is 11.3 Å². The molecular weight excluding hydrogens is 330 g/mol. The van der Waals surface area contributed by atoms with Crippen LogP contribution in [0.3, 0.4) is 0 Å². The van der Waals surface area contributed by atoms with E-state index in [1.807, 2.05) is 35.7 Å². The summed E-state index contributed by atoms with van der Waals surface area (Å²) in [5.74, 6) is 0.668. The SMILES string of the molecule is COc1cc(Cl)c2[nH]c(=O)c3sccc3c2c1-c1c[c]ccc1. The third kappa shape index (κ3) is 2.14. The predicted molar refractivity (Wildman–Crippen MR) is 95.8 cm³/mol. The molecule has 23 heavy (non-hydrogen) atoms. The smallest absolute Gasteiger partial charge is 0.266 e. The Kier molecular flexibility index (Phi) is 3.36. The molecule has 2 aromatic heterocycles. The Balaban J connectivity index is 2.30. The van der Waals surface area contributed by atoms with Crippen LogP contribution in [0.1, 0.15) is 0 Å². The van der Waals surface area contributed by atoms with E-state index in [9.17, 15) is 4.79 Å². The minimum absolute atomic E-state index is 0.125. The van der Waals surface area contributed by atoms with E-state index in [1.165, 1.54) is 11.3 Å². The fourth-order valence-corrected chi connectivity index (χ4v) is 3.90. The molecule has 2 heterocycles. The van der Waals surface area contributed by atoms with Crippen LogP contribution in [-0.4, -0.2) is 12.1 Å². The van der Waals surface area contributed by atoms with Crippen molar-refractivity contribution in [3.8, 4) is 16.9 Å². The molecule has 3 nitrogen and oxygen atoms in total. The first-order chi connectivity index (χ1) is 11.2. The number of aromatic amines is 1. The Morgan fingerprint density at radius 3 is 2.96 bits per heavy atom. The molecule has 0 atom stereocenters. The van der Waals surface area contributed by atoms with E-state index < -0.39 is 0 Å². The Labute approximate surface area is 141 Å². The first-order valence-electron chi connectivity index (χ1n) is 6.97. The summed E-state index contributed by atoms with van der Waals surface area (Å²) in [7, 11) is 1.62. The highest BCUT2D eigenvalue weighted by Crippen LogP contribution is 2.42. The van der Waals surface area contributed by atoms with E-state index in [0.717, 1.165) is 21.9 Å². The Hall–Kier alpha value is -2.30. The van der Waals surface area contributed by atoms with Crippen molar-refractivity contribution in [3.63, 3.8) is 0 Å². The van der Waals surface area contributed by atoms with Crippen LogP contribution in [0, 0.1) is 6.07 Å². The molecule has 0 aliphatic carbocycles. The fourth-order valence-electron chi connectivity index (χ4n) is 2.87. The van der Waals surface area contributed by atoms with Crippen LogP contribution in [0.25, 0.3) is 32.1 Å². The molecule has 0 aliphatic heterocycles. The number of fused-ring (bicyclic) bond motifs is 3. The average molecular weight is 341 g/mol. The maximum Gasteiger partial charge on any atom is 0.266 e. The Morgan fingerprint density at radius 1 is 1.35 bits per heavy atom. The maximum absolute atomic E-state index is 12.3. The number of H-pyrrole nitrogens is 1. The molecule has 0 bridgehead atoms. The summed E-state index contributed by atoms with van der Waals surface area (Å²) in [5, 5.41) is 4.15. The van der Waals surface area contributed by atoms with Crippen LogP contribution in [0.5, 0.6) is 5.75 Å². The van der Waals surface area contributed by atoms with Crippen LogP contribution in [0.4, 0.5) is 0 Å². The third-order valence-electron chi connectivity index (χ3n) is 3.84. The van der Waals surface area contributed by atoms with Crippen LogP contribution in [0.2, 0.25) is 5.02 Å². The number of benzene rings is 2. The summed E-state index contributed by atoms with van der Waals surface area (Å²) in [6.07, 6.45) is 0. The van der Waals surface area contributed by atoms with Gasteiger partial charge in [0.05, 0.1) is 17.6 Å². The standard InChI is InChI=1S/C18H11ClNO2S/c1-22-13-9-12(19)16-15(14(13)10-5-3-2-4-6-10)11-7-8-23-17(11)18(21)20-16/h2-3,5-9H,1H3,(H,20,21). The van der Waals surface area contributed by atoms with Gasteiger partial charge in [-0.05, 0) is 29.1 Å². The van der Waals surface area contributed by atoms with Gasteiger partial charge in [0.15, 0.2) is 0 Å². The lowest BCUT2D eigenvalue weighted by atomic mass is 9.97. The molecule has 0 spiro atoms. The van der Waals surface area contributed by atoms with E-state index >= 15 is 0 Å². The number of hydrogen-bond donors (Lipinski definition) is 1. The highest BCUT2D eigenvalue weighted by molar-refractivity contribution is 7.17. The van der Waals surface area contributed by atoms with Crippen LogP contribution < -0.4 is 10.3 Å². The van der Waals surface area contributed by atoms with Crippen molar-refractivity contribution in [2.75, 3.05) is 7.11 Å². The molecule has 5 heteroatoms. The lowest BCUT2D eigenvalue weighted by Crippen LogP contribution is -2.05. The minimum Gasteiger partial charge on any atom is -0.496 e. The van der Waals surface area contributed by atoms with Crippen molar-refractivity contribution in [2.24, 2.45) is 0 Å². The third-order valence-corrected chi connectivity index (χ3v) is 5.05. The fraction of sp³-hybridized carbons (Fsp3) is 0.0556. The van der Waals surface area contributed by atoms with Gasteiger partial charge in [-0.25, -0.2) is 0 Å². The molecule has 113 valence electrons. The normalized spacial score (nSPS) is 11.2. The molecule has 0 fully saturated rings. The minimum atomic E-state index is -0.125. The largest absolute Gasteiger partial charge is 0.496 e. The molecule has 2 aromatic carbocycles. The predicted octanol–water partition coefficient (Wildman–Crippen LogP) is 4.87. The van der Waals surface area contributed by atoms with Gasteiger partial charge in [0.2, 0.25) is 0 Å². The summed E-state index contributed by atoms with van der Waals surface area (Å²) >= 11 is 7.80.